The maximum atomic E-state index is 4.53. The van der Waals surface area contributed by atoms with Crippen LogP contribution in [0.4, 0.5) is 0 Å². The van der Waals surface area contributed by atoms with Crippen molar-refractivity contribution in [3.8, 4) is 0 Å². The van der Waals surface area contributed by atoms with Crippen LogP contribution < -0.4 is 5.32 Å². The molecule has 1 N–H and O–H groups in total. The topological polar surface area (TPSA) is 21.8 Å². The second-order valence-corrected chi connectivity index (χ2v) is 12.9. The van der Waals surface area contributed by atoms with E-state index in [1.54, 1.807) is 0 Å². The van der Waals surface area contributed by atoms with Crippen LogP contribution in [-0.2, 0) is 13.0 Å². The van der Waals surface area contributed by atoms with Crippen LogP contribution in [0.25, 0.3) is 0 Å². The summed E-state index contributed by atoms with van der Waals surface area (Å²) in [5, 5.41) is 3.46. The third-order valence-electron chi connectivity index (χ3n) is 9.10. The van der Waals surface area contributed by atoms with Gasteiger partial charge in [0.05, 0.1) is 0 Å². The first-order valence-electron chi connectivity index (χ1n) is 18.3. The van der Waals surface area contributed by atoms with Crippen molar-refractivity contribution in [3.05, 3.63) is 71.7 Å². The fraction of sp³-hybridized carbons (Fsp3) is 0.700. The number of likely N-dealkylation sites (N-methyl/N-ethyl adjacent to an activating group) is 2. The van der Waals surface area contributed by atoms with Gasteiger partial charge in [0.1, 0.15) is 0 Å². The molecular weight excluding hydrogens is 536 g/mol. The van der Waals surface area contributed by atoms with E-state index in [-0.39, 0.29) is 0 Å². The molecule has 1 aromatic carbocycles. The Morgan fingerprint density at radius 3 is 1.82 bits per heavy atom. The Morgan fingerprint density at radius 2 is 1.27 bits per heavy atom. The van der Waals surface area contributed by atoms with E-state index in [1.165, 1.54) is 111 Å². The predicted molar refractivity (Wildman–Crippen MR) is 197 cm³/mol. The zero-order valence-corrected chi connectivity index (χ0v) is 30.3. The molecule has 4 nitrogen and oxygen atoms in total. The lowest BCUT2D eigenvalue weighted by atomic mass is 9.99. The van der Waals surface area contributed by atoms with E-state index in [2.05, 4.69) is 99.5 Å². The molecule has 1 aromatic rings. The van der Waals surface area contributed by atoms with Gasteiger partial charge in [0, 0.05) is 62.8 Å². The van der Waals surface area contributed by atoms with E-state index in [9.17, 15) is 0 Å². The van der Waals surface area contributed by atoms with Crippen LogP contribution in [0.15, 0.2) is 55.0 Å². The number of benzene rings is 1. The standard InChI is InChI=1S/C40H72N4/c1-10-25-37(8)41-28-23-21-19-17-15-14-16-18-20-22-24-29-44(35(5)6)34-40-32-36(7)26-27-39(40)33-38(9)43(13-4)31-30-42(11-2)12-3/h26-27,32,41H,5,8-25,28-31,33-34H2,1-4,6-7H3. The molecule has 0 radical (unpaired) electrons. The van der Waals surface area contributed by atoms with Crippen LogP contribution in [0.5, 0.6) is 0 Å². The number of aryl methyl sites for hydroxylation is 1. The lowest BCUT2D eigenvalue weighted by Gasteiger charge is -2.30. The molecule has 0 aromatic heterocycles. The molecule has 0 fully saturated rings. The minimum atomic E-state index is 0.915. The van der Waals surface area contributed by atoms with E-state index in [0.717, 1.165) is 65.2 Å². The van der Waals surface area contributed by atoms with E-state index < -0.39 is 0 Å². The van der Waals surface area contributed by atoms with Gasteiger partial charge in [-0.25, -0.2) is 0 Å². The Kier molecular flexibility index (Phi) is 22.7. The van der Waals surface area contributed by atoms with Crippen LogP contribution in [0.1, 0.15) is 135 Å². The quantitative estimate of drug-likeness (QED) is 0.0913. The molecule has 1 rings (SSSR count). The summed E-state index contributed by atoms with van der Waals surface area (Å²) in [6, 6.07) is 6.97. The van der Waals surface area contributed by atoms with Crippen molar-refractivity contribution in [3.63, 3.8) is 0 Å². The lowest BCUT2D eigenvalue weighted by Crippen LogP contribution is -2.35. The summed E-state index contributed by atoms with van der Waals surface area (Å²) < 4.78 is 0. The van der Waals surface area contributed by atoms with E-state index in [0.29, 0.717) is 0 Å². The Hall–Kier alpha value is -2.20. The van der Waals surface area contributed by atoms with Crippen molar-refractivity contribution >= 4 is 0 Å². The highest BCUT2D eigenvalue weighted by molar-refractivity contribution is 5.34. The van der Waals surface area contributed by atoms with Gasteiger partial charge >= 0.3 is 0 Å². The zero-order chi connectivity index (χ0) is 32.6. The third-order valence-corrected chi connectivity index (χ3v) is 9.10. The third kappa shape index (κ3) is 17.9. The zero-order valence-electron chi connectivity index (χ0n) is 30.3. The highest BCUT2D eigenvalue weighted by Gasteiger charge is 2.14. The number of hydrogen-bond acceptors (Lipinski definition) is 4. The van der Waals surface area contributed by atoms with Crippen LogP contribution in [0, 0.1) is 6.92 Å². The van der Waals surface area contributed by atoms with E-state index in [1.807, 2.05) is 0 Å². The van der Waals surface area contributed by atoms with Crippen LogP contribution >= 0.6 is 0 Å². The average Bonchev–Trinajstić information content (AvgIpc) is 3.00. The van der Waals surface area contributed by atoms with Crippen molar-refractivity contribution < 1.29 is 0 Å². The minimum absolute atomic E-state index is 0.915. The fourth-order valence-corrected chi connectivity index (χ4v) is 6.03. The average molecular weight is 609 g/mol. The summed E-state index contributed by atoms with van der Waals surface area (Å²) in [6.45, 7) is 34.8. The Balaban J connectivity index is 2.38. The van der Waals surface area contributed by atoms with Crippen LogP contribution in [0.3, 0.4) is 0 Å². The number of nitrogens with one attached hydrogen (secondary N) is 1. The smallest absolute Gasteiger partial charge is 0.0429 e. The number of allylic oxidation sites excluding steroid dienone is 3. The highest BCUT2D eigenvalue weighted by Crippen LogP contribution is 2.21. The van der Waals surface area contributed by atoms with Gasteiger partial charge in [-0.05, 0) is 64.3 Å². The van der Waals surface area contributed by atoms with Gasteiger partial charge in [0.2, 0.25) is 0 Å². The van der Waals surface area contributed by atoms with Crippen LogP contribution in [0.2, 0.25) is 0 Å². The normalized spacial score (nSPS) is 11.2. The highest BCUT2D eigenvalue weighted by atomic mass is 15.2. The predicted octanol–water partition coefficient (Wildman–Crippen LogP) is 10.2. The van der Waals surface area contributed by atoms with E-state index >= 15 is 0 Å². The molecule has 0 aliphatic heterocycles. The van der Waals surface area contributed by atoms with Crippen molar-refractivity contribution in [2.45, 2.75) is 138 Å². The fourth-order valence-electron chi connectivity index (χ4n) is 6.03. The van der Waals surface area contributed by atoms with Gasteiger partial charge in [0.15, 0.2) is 0 Å². The molecule has 0 aliphatic rings. The largest absolute Gasteiger partial charge is 0.389 e. The Morgan fingerprint density at radius 1 is 0.682 bits per heavy atom. The maximum Gasteiger partial charge on any atom is 0.0429 e. The first-order chi connectivity index (χ1) is 21.2. The Bertz CT molecular complexity index is 916. The Labute approximate surface area is 275 Å². The SMILES string of the molecule is C=C(CCC)NCCCCCCCCCCCCCN(Cc1cc(C)ccc1CC(=C)N(CC)CCN(CC)CC)C(=C)C. The molecule has 0 aliphatic carbocycles. The van der Waals surface area contributed by atoms with Gasteiger partial charge in [0.25, 0.3) is 0 Å². The van der Waals surface area contributed by atoms with Gasteiger partial charge in [-0.3, -0.25) is 0 Å². The molecule has 0 unspecified atom stereocenters. The van der Waals surface area contributed by atoms with Crippen molar-refractivity contribution in [1.29, 1.82) is 0 Å². The summed E-state index contributed by atoms with van der Waals surface area (Å²) in [5.41, 5.74) is 7.77. The summed E-state index contributed by atoms with van der Waals surface area (Å²) in [7, 11) is 0. The second kappa shape index (κ2) is 25.0. The van der Waals surface area contributed by atoms with Crippen molar-refractivity contribution in [1.82, 2.24) is 20.0 Å². The van der Waals surface area contributed by atoms with Gasteiger partial charge in [-0.1, -0.05) is 128 Å². The van der Waals surface area contributed by atoms with Crippen molar-refractivity contribution in [2.24, 2.45) is 0 Å². The molecule has 4 heteroatoms. The van der Waals surface area contributed by atoms with E-state index in [4.69, 9.17) is 0 Å². The summed E-state index contributed by atoms with van der Waals surface area (Å²) in [5.74, 6) is 0. The number of hydrogen-bond donors (Lipinski definition) is 1. The molecule has 0 saturated carbocycles. The van der Waals surface area contributed by atoms with Gasteiger partial charge in [-0.15, -0.1) is 0 Å². The first kappa shape index (κ1) is 39.8. The molecule has 0 atom stereocenters. The molecule has 0 bridgehead atoms. The summed E-state index contributed by atoms with van der Waals surface area (Å²) in [6.07, 6.45) is 18.1. The summed E-state index contributed by atoms with van der Waals surface area (Å²) >= 11 is 0. The molecule has 0 saturated heterocycles. The molecule has 0 amide bonds. The lowest BCUT2D eigenvalue weighted by molar-refractivity contribution is 0.248. The van der Waals surface area contributed by atoms with Crippen LogP contribution in [-0.4, -0.2) is 60.5 Å². The first-order valence-corrected chi connectivity index (χ1v) is 18.3. The number of nitrogens with zero attached hydrogens (tertiary/aromatic N) is 3. The molecule has 252 valence electrons. The monoisotopic (exact) mass is 609 g/mol. The van der Waals surface area contributed by atoms with Gasteiger partial charge in [-0.2, -0.15) is 0 Å². The van der Waals surface area contributed by atoms with Crippen molar-refractivity contribution in [2.75, 3.05) is 45.8 Å². The minimum Gasteiger partial charge on any atom is -0.389 e. The molecule has 44 heavy (non-hydrogen) atoms. The number of unbranched alkanes of at least 4 members (excludes halogenated alkanes) is 10. The molecule has 0 heterocycles. The molecular formula is C40H72N4. The number of rotatable bonds is 29. The molecule has 0 spiro atoms. The maximum absolute atomic E-state index is 4.53. The summed E-state index contributed by atoms with van der Waals surface area (Å²) in [4.78, 5) is 7.45. The van der Waals surface area contributed by atoms with Gasteiger partial charge < -0.3 is 20.0 Å². The second-order valence-electron chi connectivity index (χ2n) is 12.9.